The fraction of sp³-hybridized carbons (Fsp3) is 0.588. The first-order valence-electron chi connectivity index (χ1n) is 8.02. The molecule has 2 rings (SSSR count). The Balaban J connectivity index is 1.94. The zero-order valence-electron chi connectivity index (χ0n) is 13.7. The number of carbonyl (C=O) groups is 1. The molecule has 1 aliphatic carbocycles. The number of aliphatic hydroxyl groups excluding tert-OH is 1. The number of rotatable bonds is 7. The normalized spacial score (nSPS) is 15.5. The van der Waals surface area contributed by atoms with E-state index in [0.717, 1.165) is 24.2 Å². The van der Waals surface area contributed by atoms with Crippen molar-refractivity contribution in [1.82, 2.24) is 5.32 Å². The molecule has 0 unspecified atom stereocenters. The highest BCUT2D eigenvalue weighted by Crippen LogP contribution is 2.34. The van der Waals surface area contributed by atoms with Crippen LogP contribution in [0.3, 0.4) is 0 Å². The van der Waals surface area contributed by atoms with E-state index in [-0.39, 0.29) is 18.7 Å². The first-order chi connectivity index (χ1) is 10.5. The van der Waals surface area contributed by atoms with Gasteiger partial charge in [0.1, 0.15) is 0 Å². The molecule has 0 heterocycles. The number of aliphatic hydroxyl groups is 1. The molecule has 1 saturated carbocycles. The van der Waals surface area contributed by atoms with Crippen molar-refractivity contribution in [3.8, 4) is 0 Å². The van der Waals surface area contributed by atoms with Crippen molar-refractivity contribution in [3.05, 3.63) is 24.3 Å². The first kappa shape index (κ1) is 16.6. The van der Waals surface area contributed by atoms with Crippen molar-refractivity contribution in [1.29, 1.82) is 0 Å². The maximum absolute atomic E-state index is 12.1. The van der Waals surface area contributed by atoms with Gasteiger partial charge in [-0.3, -0.25) is 0 Å². The molecule has 5 nitrogen and oxygen atoms in total. The first-order valence-corrected chi connectivity index (χ1v) is 8.02. The molecule has 1 aromatic rings. The fourth-order valence-electron chi connectivity index (χ4n) is 2.50. The van der Waals surface area contributed by atoms with Crippen molar-refractivity contribution in [2.24, 2.45) is 5.92 Å². The second-order valence-corrected chi connectivity index (χ2v) is 6.31. The smallest absolute Gasteiger partial charge is 0.319 e. The monoisotopic (exact) mass is 305 g/mol. The summed E-state index contributed by atoms with van der Waals surface area (Å²) in [6.07, 6.45) is 2.90. The van der Waals surface area contributed by atoms with E-state index in [4.69, 9.17) is 5.11 Å². The Bertz CT molecular complexity index is 500. The number of anilines is 2. The summed E-state index contributed by atoms with van der Waals surface area (Å²) in [6, 6.07) is 8.10. The van der Waals surface area contributed by atoms with Gasteiger partial charge in [-0.15, -0.1) is 0 Å². The minimum atomic E-state index is -0.199. The van der Waals surface area contributed by atoms with E-state index in [1.165, 1.54) is 0 Å². The van der Waals surface area contributed by atoms with Gasteiger partial charge in [0.15, 0.2) is 0 Å². The van der Waals surface area contributed by atoms with Gasteiger partial charge >= 0.3 is 6.03 Å². The third-order valence-electron chi connectivity index (χ3n) is 4.23. The van der Waals surface area contributed by atoms with E-state index in [1.54, 1.807) is 0 Å². The van der Waals surface area contributed by atoms with Gasteiger partial charge in [-0.1, -0.05) is 6.07 Å². The molecule has 0 spiro atoms. The zero-order chi connectivity index (χ0) is 16.1. The van der Waals surface area contributed by atoms with Gasteiger partial charge in [-0.25, -0.2) is 4.79 Å². The molecule has 22 heavy (non-hydrogen) atoms. The summed E-state index contributed by atoms with van der Waals surface area (Å²) in [6.45, 7) is 4.36. The Hall–Kier alpha value is -1.75. The van der Waals surface area contributed by atoms with Crippen LogP contribution in [0, 0.1) is 5.92 Å². The number of hydrogen-bond donors (Lipinski definition) is 3. The van der Waals surface area contributed by atoms with Gasteiger partial charge in [0.05, 0.1) is 0 Å². The third kappa shape index (κ3) is 4.63. The number of hydrogen-bond acceptors (Lipinski definition) is 3. The Morgan fingerprint density at radius 2 is 2.14 bits per heavy atom. The van der Waals surface area contributed by atoms with E-state index < -0.39 is 0 Å². The lowest BCUT2D eigenvalue weighted by Gasteiger charge is -2.24. The van der Waals surface area contributed by atoms with Crippen LogP contribution in [0.5, 0.6) is 0 Å². The maximum atomic E-state index is 12.1. The number of urea groups is 1. The fourth-order valence-corrected chi connectivity index (χ4v) is 2.50. The lowest BCUT2D eigenvalue weighted by atomic mass is 10.1. The van der Waals surface area contributed by atoms with Crippen molar-refractivity contribution in [2.45, 2.75) is 45.2 Å². The summed E-state index contributed by atoms with van der Waals surface area (Å²) in [5.41, 5.74) is 1.85. The van der Waals surface area contributed by atoms with Crippen molar-refractivity contribution < 1.29 is 9.90 Å². The van der Waals surface area contributed by atoms with Gasteiger partial charge in [0.25, 0.3) is 0 Å². The van der Waals surface area contributed by atoms with Crippen molar-refractivity contribution in [3.63, 3.8) is 0 Å². The molecule has 122 valence electrons. The Morgan fingerprint density at radius 3 is 2.73 bits per heavy atom. The molecule has 1 aromatic carbocycles. The zero-order valence-corrected chi connectivity index (χ0v) is 13.7. The Kier molecular flexibility index (Phi) is 5.66. The predicted octanol–water partition coefficient (Wildman–Crippen LogP) is 2.81. The standard InChI is InChI=1S/C17H27N3O2/c1-12(2)20(3)15-6-4-5-14(11-15)18-17(22)19-16(9-10-21)13-7-8-13/h4-6,11-13,16,21H,7-10H2,1-3H3,(H2,18,19,22)/t16-/m1/s1. The highest BCUT2D eigenvalue weighted by Gasteiger charge is 2.31. The molecule has 1 atom stereocenters. The molecule has 1 aliphatic rings. The average Bonchev–Trinajstić information content (AvgIpc) is 3.30. The minimum Gasteiger partial charge on any atom is -0.396 e. The molecule has 2 amide bonds. The quantitative estimate of drug-likeness (QED) is 0.726. The van der Waals surface area contributed by atoms with Crippen LogP contribution in [0.25, 0.3) is 0 Å². The van der Waals surface area contributed by atoms with Gasteiger partial charge in [-0.2, -0.15) is 0 Å². The summed E-state index contributed by atoms with van der Waals surface area (Å²) in [4.78, 5) is 14.3. The molecule has 0 aliphatic heterocycles. The summed E-state index contributed by atoms with van der Waals surface area (Å²) in [7, 11) is 2.04. The van der Waals surface area contributed by atoms with Gasteiger partial charge in [0.2, 0.25) is 0 Å². The van der Waals surface area contributed by atoms with E-state index in [0.29, 0.717) is 18.4 Å². The molecule has 0 radical (unpaired) electrons. The van der Waals surface area contributed by atoms with Gasteiger partial charge in [-0.05, 0) is 57.2 Å². The average molecular weight is 305 g/mol. The lowest BCUT2D eigenvalue weighted by Crippen LogP contribution is -2.39. The number of benzene rings is 1. The molecule has 5 heteroatoms. The number of nitrogens with one attached hydrogen (secondary N) is 2. The predicted molar refractivity (Wildman–Crippen MR) is 90.4 cm³/mol. The van der Waals surface area contributed by atoms with Crippen LogP contribution in [0.4, 0.5) is 16.2 Å². The highest BCUT2D eigenvalue weighted by atomic mass is 16.3. The maximum Gasteiger partial charge on any atom is 0.319 e. The van der Waals surface area contributed by atoms with Crippen molar-refractivity contribution >= 4 is 17.4 Å². The minimum absolute atomic E-state index is 0.0755. The number of nitrogens with zero attached hydrogens (tertiary/aromatic N) is 1. The van der Waals surface area contributed by atoms with Crippen LogP contribution in [0.1, 0.15) is 33.1 Å². The van der Waals surface area contributed by atoms with Gasteiger partial charge in [0, 0.05) is 37.1 Å². The summed E-state index contributed by atoms with van der Waals surface area (Å²) < 4.78 is 0. The summed E-state index contributed by atoms with van der Waals surface area (Å²) >= 11 is 0. The molecule has 3 N–H and O–H groups in total. The van der Waals surface area contributed by atoms with Crippen LogP contribution in [-0.4, -0.2) is 36.9 Å². The number of carbonyl (C=O) groups excluding carboxylic acids is 1. The van der Waals surface area contributed by atoms with Crippen LogP contribution in [0.2, 0.25) is 0 Å². The SMILES string of the molecule is CC(C)N(C)c1cccc(NC(=O)N[C@H](CCO)C2CC2)c1. The highest BCUT2D eigenvalue weighted by molar-refractivity contribution is 5.90. The molecule has 0 saturated heterocycles. The third-order valence-corrected chi connectivity index (χ3v) is 4.23. The van der Waals surface area contributed by atoms with Crippen LogP contribution in [-0.2, 0) is 0 Å². The summed E-state index contributed by atoms with van der Waals surface area (Å²) in [5, 5.41) is 15.0. The van der Waals surface area contributed by atoms with Crippen LogP contribution >= 0.6 is 0 Å². The Morgan fingerprint density at radius 1 is 1.41 bits per heavy atom. The molecule has 0 aromatic heterocycles. The molecular formula is C17H27N3O2. The van der Waals surface area contributed by atoms with Crippen LogP contribution in [0.15, 0.2) is 24.3 Å². The number of amides is 2. The lowest BCUT2D eigenvalue weighted by molar-refractivity contribution is 0.234. The van der Waals surface area contributed by atoms with E-state index in [1.807, 2.05) is 31.3 Å². The molecular weight excluding hydrogens is 278 g/mol. The van der Waals surface area contributed by atoms with Crippen LogP contribution < -0.4 is 15.5 Å². The second-order valence-electron chi connectivity index (χ2n) is 6.31. The Labute approximate surface area is 132 Å². The largest absolute Gasteiger partial charge is 0.396 e. The van der Waals surface area contributed by atoms with E-state index in [9.17, 15) is 4.79 Å². The molecule has 0 bridgehead atoms. The summed E-state index contributed by atoms with van der Waals surface area (Å²) in [5.74, 6) is 0.524. The van der Waals surface area contributed by atoms with Crippen molar-refractivity contribution in [2.75, 3.05) is 23.9 Å². The van der Waals surface area contributed by atoms with E-state index >= 15 is 0 Å². The topological polar surface area (TPSA) is 64.6 Å². The second kappa shape index (κ2) is 7.49. The van der Waals surface area contributed by atoms with E-state index in [2.05, 4.69) is 29.4 Å². The molecule has 1 fully saturated rings. The van der Waals surface area contributed by atoms with Gasteiger partial charge < -0.3 is 20.6 Å².